The van der Waals surface area contributed by atoms with Gasteiger partial charge in [-0.25, -0.2) is 4.98 Å². The summed E-state index contributed by atoms with van der Waals surface area (Å²) in [6.45, 7) is 2.75. The molecule has 0 radical (unpaired) electrons. The van der Waals surface area contributed by atoms with Crippen molar-refractivity contribution in [2.24, 2.45) is 11.7 Å². The molecule has 2 atom stereocenters. The highest BCUT2D eigenvalue weighted by Crippen LogP contribution is 2.35. The molecule has 19 heavy (non-hydrogen) atoms. The number of anilines is 1. The number of aromatic nitrogens is 2. The van der Waals surface area contributed by atoms with Crippen LogP contribution < -0.4 is 21.3 Å². The standard InChI is InChI=1S/C13H22N4O2/c1-9-4-3-5-13(6-9,7-14)17-11-10(19-2)12(18)16-8-15-11/h8-9H,3-7,14H2,1-2H3,(H2,15,16,17,18). The highest BCUT2D eigenvalue weighted by molar-refractivity contribution is 5.50. The van der Waals surface area contributed by atoms with Crippen LogP contribution >= 0.6 is 0 Å². The van der Waals surface area contributed by atoms with Crippen LogP contribution in [0.5, 0.6) is 5.75 Å². The van der Waals surface area contributed by atoms with E-state index in [1.54, 1.807) is 0 Å². The van der Waals surface area contributed by atoms with Crippen molar-refractivity contribution < 1.29 is 4.74 Å². The molecule has 1 saturated carbocycles. The molecule has 0 bridgehead atoms. The maximum Gasteiger partial charge on any atom is 0.295 e. The van der Waals surface area contributed by atoms with Crippen molar-refractivity contribution in [1.29, 1.82) is 0 Å². The zero-order chi connectivity index (χ0) is 13.9. The van der Waals surface area contributed by atoms with E-state index in [1.807, 2.05) is 0 Å². The summed E-state index contributed by atoms with van der Waals surface area (Å²) >= 11 is 0. The first-order valence-electron chi connectivity index (χ1n) is 6.70. The third kappa shape index (κ3) is 2.89. The number of hydrogen-bond donors (Lipinski definition) is 3. The molecule has 0 aliphatic heterocycles. The molecule has 0 spiro atoms. The summed E-state index contributed by atoms with van der Waals surface area (Å²) in [5.74, 6) is 1.32. The Morgan fingerprint density at radius 1 is 1.68 bits per heavy atom. The first kappa shape index (κ1) is 13.9. The predicted octanol–water partition coefficient (Wildman–Crippen LogP) is 1.10. The summed E-state index contributed by atoms with van der Waals surface area (Å²) in [5, 5.41) is 3.35. The van der Waals surface area contributed by atoms with E-state index in [9.17, 15) is 4.79 Å². The number of methoxy groups -OCH3 is 1. The van der Waals surface area contributed by atoms with Gasteiger partial charge in [0.15, 0.2) is 5.82 Å². The Balaban J connectivity index is 2.28. The monoisotopic (exact) mass is 266 g/mol. The van der Waals surface area contributed by atoms with Gasteiger partial charge in [-0.05, 0) is 18.8 Å². The fraction of sp³-hybridized carbons (Fsp3) is 0.692. The second-order valence-corrected chi connectivity index (χ2v) is 5.42. The SMILES string of the molecule is COc1c(NC2(CN)CCCC(C)C2)nc[nH]c1=O. The molecule has 1 fully saturated rings. The minimum atomic E-state index is -0.281. The molecule has 1 heterocycles. The van der Waals surface area contributed by atoms with Gasteiger partial charge < -0.3 is 20.8 Å². The normalized spacial score (nSPS) is 27.0. The van der Waals surface area contributed by atoms with Crippen molar-refractivity contribution >= 4 is 5.82 Å². The summed E-state index contributed by atoms with van der Waals surface area (Å²) < 4.78 is 5.12. The highest BCUT2D eigenvalue weighted by Gasteiger charge is 2.34. The van der Waals surface area contributed by atoms with Crippen LogP contribution in [-0.4, -0.2) is 29.2 Å². The Labute approximate surface area is 112 Å². The second kappa shape index (κ2) is 5.61. The molecule has 106 valence electrons. The molecule has 0 amide bonds. The lowest BCUT2D eigenvalue weighted by Gasteiger charge is -2.40. The first-order valence-corrected chi connectivity index (χ1v) is 6.70. The van der Waals surface area contributed by atoms with Crippen LogP contribution in [0.25, 0.3) is 0 Å². The first-order chi connectivity index (χ1) is 9.10. The summed E-state index contributed by atoms with van der Waals surface area (Å²) in [7, 11) is 1.47. The van der Waals surface area contributed by atoms with Crippen LogP contribution in [0.2, 0.25) is 0 Å². The molecular formula is C13H22N4O2. The maximum atomic E-state index is 11.7. The number of aromatic amines is 1. The van der Waals surface area contributed by atoms with Gasteiger partial charge >= 0.3 is 0 Å². The Morgan fingerprint density at radius 3 is 3.11 bits per heavy atom. The molecule has 0 aromatic carbocycles. The molecule has 1 aliphatic rings. The molecule has 2 rings (SSSR count). The zero-order valence-corrected chi connectivity index (χ0v) is 11.5. The number of nitrogens with two attached hydrogens (primary N) is 1. The lowest BCUT2D eigenvalue weighted by Crippen LogP contribution is -2.49. The van der Waals surface area contributed by atoms with Gasteiger partial charge in [-0.3, -0.25) is 4.79 Å². The van der Waals surface area contributed by atoms with Gasteiger partial charge in [0, 0.05) is 6.54 Å². The van der Waals surface area contributed by atoms with Crippen LogP contribution in [0.3, 0.4) is 0 Å². The molecule has 4 N–H and O–H groups in total. The molecule has 2 unspecified atom stereocenters. The molecule has 1 aromatic heterocycles. The number of ether oxygens (including phenoxy) is 1. The van der Waals surface area contributed by atoms with Crippen LogP contribution in [0.15, 0.2) is 11.1 Å². The van der Waals surface area contributed by atoms with Gasteiger partial charge in [-0.2, -0.15) is 0 Å². The van der Waals surface area contributed by atoms with Crippen molar-refractivity contribution in [1.82, 2.24) is 9.97 Å². The second-order valence-electron chi connectivity index (χ2n) is 5.42. The van der Waals surface area contributed by atoms with E-state index in [0.717, 1.165) is 19.3 Å². The van der Waals surface area contributed by atoms with E-state index in [4.69, 9.17) is 10.5 Å². The summed E-state index contributed by atoms with van der Waals surface area (Å²) in [5.41, 5.74) is 5.49. The van der Waals surface area contributed by atoms with Crippen molar-refractivity contribution in [3.05, 3.63) is 16.7 Å². The average molecular weight is 266 g/mol. The van der Waals surface area contributed by atoms with Crippen LogP contribution in [0.4, 0.5) is 5.82 Å². The number of nitrogens with one attached hydrogen (secondary N) is 2. The maximum absolute atomic E-state index is 11.7. The van der Waals surface area contributed by atoms with Gasteiger partial charge in [0.2, 0.25) is 5.75 Å². The summed E-state index contributed by atoms with van der Waals surface area (Å²) in [4.78, 5) is 18.4. The fourth-order valence-electron chi connectivity index (χ4n) is 2.93. The average Bonchev–Trinajstić information content (AvgIpc) is 2.39. The van der Waals surface area contributed by atoms with E-state index < -0.39 is 0 Å². The summed E-state index contributed by atoms with van der Waals surface area (Å²) in [6, 6.07) is 0. The van der Waals surface area contributed by atoms with Crippen molar-refractivity contribution in [3.8, 4) is 5.75 Å². The lowest BCUT2D eigenvalue weighted by molar-refractivity contribution is 0.262. The minimum Gasteiger partial charge on any atom is -0.489 e. The smallest absolute Gasteiger partial charge is 0.295 e. The van der Waals surface area contributed by atoms with Crippen LogP contribution in [0.1, 0.15) is 32.6 Å². The molecule has 6 nitrogen and oxygen atoms in total. The van der Waals surface area contributed by atoms with Crippen LogP contribution in [-0.2, 0) is 0 Å². The molecule has 1 aliphatic carbocycles. The van der Waals surface area contributed by atoms with Gasteiger partial charge in [-0.1, -0.05) is 19.8 Å². The Hall–Kier alpha value is -1.56. The van der Waals surface area contributed by atoms with E-state index in [2.05, 4.69) is 22.2 Å². The lowest BCUT2D eigenvalue weighted by atomic mass is 9.76. The Morgan fingerprint density at radius 2 is 2.47 bits per heavy atom. The largest absolute Gasteiger partial charge is 0.489 e. The Kier molecular flexibility index (Phi) is 4.09. The highest BCUT2D eigenvalue weighted by atomic mass is 16.5. The van der Waals surface area contributed by atoms with E-state index in [1.165, 1.54) is 19.9 Å². The Bertz CT molecular complexity index is 488. The van der Waals surface area contributed by atoms with Crippen LogP contribution in [0, 0.1) is 5.92 Å². The number of hydrogen-bond acceptors (Lipinski definition) is 5. The molecule has 1 aromatic rings. The van der Waals surface area contributed by atoms with Gasteiger partial charge in [0.1, 0.15) is 0 Å². The number of nitrogens with zero attached hydrogens (tertiary/aromatic N) is 1. The third-order valence-electron chi connectivity index (χ3n) is 3.88. The van der Waals surface area contributed by atoms with Gasteiger partial charge in [0.25, 0.3) is 5.56 Å². The van der Waals surface area contributed by atoms with E-state index >= 15 is 0 Å². The van der Waals surface area contributed by atoms with Crippen molar-refractivity contribution in [2.75, 3.05) is 19.0 Å². The number of H-pyrrole nitrogens is 1. The molecule has 6 heteroatoms. The van der Waals surface area contributed by atoms with Gasteiger partial charge in [-0.15, -0.1) is 0 Å². The minimum absolute atomic E-state index is 0.189. The molecular weight excluding hydrogens is 244 g/mol. The van der Waals surface area contributed by atoms with Gasteiger partial charge in [0.05, 0.1) is 19.0 Å². The quantitative estimate of drug-likeness (QED) is 0.758. The summed E-state index contributed by atoms with van der Waals surface area (Å²) in [6.07, 6.45) is 5.72. The van der Waals surface area contributed by atoms with Crippen molar-refractivity contribution in [3.63, 3.8) is 0 Å². The van der Waals surface area contributed by atoms with E-state index in [0.29, 0.717) is 18.3 Å². The fourth-order valence-corrected chi connectivity index (χ4v) is 2.93. The number of rotatable bonds is 4. The molecule has 0 saturated heterocycles. The third-order valence-corrected chi connectivity index (χ3v) is 3.88. The zero-order valence-electron chi connectivity index (χ0n) is 11.5. The van der Waals surface area contributed by atoms with Crippen molar-refractivity contribution in [2.45, 2.75) is 38.1 Å². The predicted molar refractivity (Wildman–Crippen MR) is 74.4 cm³/mol. The topological polar surface area (TPSA) is 93.0 Å². The van der Waals surface area contributed by atoms with E-state index in [-0.39, 0.29) is 16.8 Å².